The zero-order valence-corrected chi connectivity index (χ0v) is 8.66. The molecule has 1 rings (SSSR count). The SMILES string of the molecule is CCCC(=O)C1CCC(C(=O)O)CC1. The Morgan fingerprint density at radius 3 is 2.07 bits per heavy atom. The Morgan fingerprint density at radius 1 is 1.14 bits per heavy atom. The Hall–Kier alpha value is -0.860. The summed E-state index contributed by atoms with van der Waals surface area (Å²) in [5.74, 6) is -0.436. The van der Waals surface area contributed by atoms with Crippen molar-refractivity contribution in [2.75, 3.05) is 0 Å². The van der Waals surface area contributed by atoms with Gasteiger partial charge in [0.15, 0.2) is 0 Å². The normalized spacial score (nSPS) is 27.2. The molecule has 0 heterocycles. The number of hydrogen-bond acceptors (Lipinski definition) is 2. The van der Waals surface area contributed by atoms with Crippen molar-refractivity contribution in [2.45, 2.75) is 45.4 Å². The molecule has 0 aromatic rings. The fourth-order valence-corrected chi connectivity index (χ4v) is 2.11. The van der Waals surface area contributed by atoms with Gasteiger partial charge in [0.25, 0.3) is 0 Å². The van der Waals surface area contributed by atoms with Crippen LogP contribution in [0.2, 0.25) is 0 Å². The molecular formula is C11H18O3. The van der Waals surface area contributed by atoms with E-state index in [2.05, 4.69) is 0 Å². The molecule has 1 fully saturated rings. The molecule has 0 aromatic heterocycles. The molecule has 3 nitrogen and oxygen atoms in total. The average Bonchev–Trinajstić information content (AvgIpc) is 2.18. The maximum Gasteiger partial charge on any atom is 0.306 e. The summed E-state index contributed by atoms with van der Waals surface area (Å²) >= 11 is 0. The van der Waals surface area contributed by atoms with Crippen LogP contribution in [-0.2, 0) is 9.59 Å². The molecule has 1 N–H and O–H groups in total. The Bertz CT molecular complexity index is 215. The number of carbonyl (C=O) groups is 2. The quantitative estimate of drug-likeness (QED) is 0.753. The molecule has 1 saturated carbocycles. The Kier molecular flexibility index (Phi) is 4.11. The van der Waals surface area contributed by atoms with Gasteiger partial charge < -0.3 is 5.11 Å². The van der Waals surface area contributed by atoms with Crippen LogP contribution in [0, 0.1) is 11.8 Å². The molecule has 1 aliphatic carbocycles. The number of rotatable bonds is 4. The summed E-state index contributed by atoms with van der Waals surface area (Å²) < 4.78 is 0. The molecule has 0 amide bonds. The second kappa shape index (κ2) is 5.13. The van der Waals surface area contributed by atoms with Gasteiger partial charge in [-0.1, -0.05) is 6.92 Å². The smallest absolute Gasteiger partial charge is 0.306 e. The van der Waals surface area contributed by atoms with Gasteiger partial charge in [-0.25, -0.2) is 0 Å². The lowest BCUT2D eigenvalue weighted by Gasteiger charge is -2.24. The van der Waals surface area contributed by atoms with Gasteiger partial charge in [0, 0.05) is 12.3 Å². The van der Waals surface area contributed by atoms with Gasteiger partial charge in [0.2, 0.25) is 0 Å². The standard InChI is InChI=1S/C11H18O3/c1-2-3-10(12)8-4-6-9(7-5-8)11(13)14/h8-9H,2-7H2,1H3,(H,13,14). The summed E-state index contributed by atoms with van der Waals surface area (Å²) in [7, 11) is 0. The Balaban J connectivity index is 2.35. The summed E-state index contributed by atoms with van der Waals surface area (Å²) in [6.07, 6.45) is 4.45. The number of carbonyl (C=O) groups excluding carboxylic acids is 1. The van der Waals surface area contributed by atoms with Gasteiger partial charge in [0.1, 0.15) is 5.78 Å². The van der Waals surface area contributed by atoms with Gasteiger partial charge in [-0.15, -0.1) is 0 Å². The van der Waals surface area contributed by atoms with Gasteiger partial charge in [-0.2, -0.15) is 0 Å². The summed E-state index contributed by atoms with van der Waals surface area (Å²) in [6, 6.07) is 0. The summed E-state index contributed by atoms with van der Waals surface area (Å²) in [5, 5.41) is 8.78. The lowest BCUT2D eigenvalue weighted by atomic mass is 9.79. The van der Waals surface area contributed by atoms with Crippen LogP contribution in [0.15, 0.2) is 0 Å². The minimum absolute atomic E-state index is 0.144. The van der Waals surface area contributed by atoms with E-state index in [0.717, 1.165) is 19.3 Å². The molecule has 0 unspecified atom stereocenters. The van der Waals surface area contributed by atoms with E-state index in [4.69, 9.17) is 5.11 Å². The van der Waals surface area contributed by atoms with Crippen molar-refractivity contribution < 1.29 is 14.7 Å². The number of carboxylic acid groups (broad SMARTS) is 1. The van der Waals surface area contributed by atoms with Crippen molar-refractivity contribution in [1.29, 1.82) is 0 Å². The van der Waals surface area contributed by atoms with Gasteiger partial charge >= 0.3 is 5.97 Å². The van der Waals surface area contributed by atoms with Crippen LogP contribution in [0.5, 0.6) is 0 Å². The third-order valence-electron chi connectivity index (χ3n) is 3.03. The molecular weight excluding hydrogens is 180 g/mol. The lowest BCUT2D eigenvalue weighted by molar-refractivity contribution is -0.144. The predicted molar refractivity (Wildman–Crippen MR) is 53.0 cm³/mol. The molecule has 0 aliphatic heterocycles. The van der Waals surface area contributed by atoms with E-state index in [0.29, 0.717) is 25.0 Å². The zero-order valence-electron chi connectivity index (χ0n) is 8.66. The largest absolute Gasteiger partial charge is 0.481 e. The highest BCUT2D eigenvalue weighted by Gasteiger charge is 2.28. The van der Waals surface area contributed by atoms with E-state index in [-0.39, 0.29) is 11.8 Å². The first-order chi connectivity index (χ1) is 6.65. The van der Waals surface area contributed by atoms with Crippen LogP contribution in [0.3, 0.4) is 0 Å². The molecule has 0 bridgehead atoms. The Labute approximate surface area is 84.5 Å². The second-order valence-electron chi connectivity index (χ2n) is 4.10. The zero-order chi connectivity index (χ0) is 10.6. The van der Waals surface area contributed by atoms with E-state index in [9.17, 15) is 9.59 Å². The first-order valence-electron chi connectivity index (χ1n) is 5.40. The average molecular weight is 198 g/mol. The number of Topliss-reactive ketones (excluding diaryl/α,β-unsaturated/α-hetero) is 1. The first-order valence-corrected chi connectivity index (χ1v) is 5.40. The Morgan fingerprint density at radius 2 is 1.64 bits per heavy atom. The molecule has 0 saturated heterocycles. The van der Waals surface area contributed by atoms with E-state index < -0.39 is 5.97 Å². The molecule has 0 atom stereocenters. The highest BCUT2D eigenvalue weighted by molar-refractivity contribution is 5.81. The van der Waals surface area contributed by atoms with Crippen molar-refractivity contribution in [1.82, 2.24) is 0 Å². The molecule has 3 heteroatoms. The maximum atomic E-state index is 11.5. The first kappa shape index (κ1) is 11.2. The fourth-order valence-electron chi connectivity index (χ4n) is 2.11. The number of carboxylic acids is 1. The van der Waals surface area contributed by atoms with Crippen molar-refractivity contribution in [3.63, 3.8) is 0 Å². The van der Waals surface area contributed by atoms with Gasteiger partial charge in [0.05, 0.1) is 5.92 Å². The molecule has 1 aliphatic rings. The highest BCUT2D eigenvalue weighted by atomic mass is 16.4. The fraction of sp³-hybridized carbons (Fsp3) is 0.818. The van der Waals surface area contributed by atoms with E-state index in [1.165, 1.54) is 0 Å². The van der Waals surface area contributed by atoms with Crippen molar-refractivity contribution in [3.05, 3.63) is 0 Å². The highest BCUT2D eigenvalue weighted by Crippen LogP contribution is 2.30. The van der Waals surface area contributed by atoms with Crippen LogP contribution in [0.4, 0.5) is 0 Å². The summed E-state index contributed by atoms with van der Waals surface area (Å²) in [4.78, 5) is 22.2. The van der Waals surface area contributed by atoms with Crippen LogP contribution in [-0.4, -0.2) is 16.9 Å². The number of hydrogen-bond donors (Lipinski definition) is 1. The van der Waals surface area contributed by atoms with Crippen molar-refractivity contribution in [2.24, 2.45) is 11.8 Å². The van der Waals surface area contributed by atoms with Crippen LogP contribution in [0.1, 0.15) is 45.4 Å². The minimum atomic E-state index is -0.702. The van der Waals surface area contributed by atoms with Crippen LogP contribution >= 0.6 is 0 Å². The minimum Gasteiger partial charge on any atom is -0.481 e. The second-order valence-corrected chi connectivity index (χ2v) is 4.10. The summed E-state index contributed by atoms with van der Waals surface area (Å²) in [5.41, 5.74) is 0. The lowest BCUT2D eigenvalue weighted by Crippen LogP contribution is -2.25. The molecule has 0 radical (unpaired) electrons. The molecule has 80 valence electrons. The third kappa shape index (κ3) is 2.82. The summed E-state index contributed by atoms with van der Waals surface area (Å²) in [6.45, 7) is 2.00. The number of ketones is 1. The van der Waals surface area contributed by atoms with Crippen LogP contribution in [0.25, 0.3) is 0 Å². The predicted octanol–water partition coefficient (Wildman–Crippen LogP) is 2.25. The van der Waals surface area contributed by atoms with E-state index >= 15 is 0 Å². The monoisotopic (exact) mass is 198 g/mol. The molecule has 14 heavy (non-hydrogen) atoms. The van der Waals surface area contributed by atoms with Crippen molar-refractivity contribution >= 4 is 11.8 Å². The van der Waals surface area contributed by atoms with Crippen molar-refractivity contribution in [3.8, 4) is 0 Å². The van der Waals surface area contributed by atoms with Gasteiger partial charge in [-0.3, -0.25) is 9.59 Å². The van der Waals surface area contributed by atoms with E-state index in [1.807, 2.05) is 6.92 Å². The maximum absolute atomic E-state index is 11.5. The third-order valence-corrected chi connectivity index (χ3v) is 3.03. The van der Waals surface area contributed by atoms with E-state index in [1.54, 1.807) is 0 Å². The van der Waals surface area contributed by atoms with Gasteiger partial charge in [-0.05, 0) is 32.1 Å². The topological polar surface area (TPSA) is 54.4 Å². The number of aliphatic carboxylic acids is 1. The molecule has 0 aromatic carbocycles. The molecule has 0 spiro atoms. The van der Waals surface area contributed by atoms with Crippen LogP contribution < -0.4 is 0 Å².